The van der Waals surface area contributed by atoms with Crippen molar-refractivity contribution in [3.05, 3.63) is 41.4 Å². The molecule has 0 N–H and O–H groups in total. The fourth-order valence-corrected chi connectivity index (χ4v) is 5.82. The minimum Gasteiger partial charge on any atom is -0.497 e. The lowest BCUT2D eigenvalue weighted by molar-refractivity contribution is -0.118. The SMILES string of the molecule is COc1ccc(SCCC(=O)N(CCN2CCOCC2)c2nc3c(OC)ccc(Cl)c3s2)cc1. The molecule has 1 aliphatic rings. The van der Waals surface area contributed by atoms with E-state index in [1.165, 1.54) is 11.3 Å². The van der Waals surface area contributed by atoms with Gasteiger partial charge in [0.05, 0.1) is 37.2 Å². The molecule has 0 radical (unpaired) electrons. The Labute approximate surface area is 212 Å². The van der Waals surface area contributed by atoms with Crippen LogP contribution in [0, 0.1) is 0 Å². The van der Waals surface area contributed by atoms with Crippen LogP contribution >= 0.6 is 34.7 Å². The number of carbonyl (C=O) groups excluding carboxylic acids is 1. The van der Waals surface area contributed by atoms with Crippen molar-refractivity contribution in [2.45, 2.75) is 11.3 Å². The Morgan fingerprint density at radius 2 is 1.94 bits per heavy atom. The van der Waals surface area contributed by atoms with Crippen molar-refractivity contribution in [1.29, 1.82) is 0 Å². The lowest BCUT2D eigenvalue weighted by Crippen LogP contribution is -2.43. The first-order chi connectivity index (χ1) is 16.6. The van der Waals surface area contributed by atoms with Gasteiger partial charge in [-0.1, -0.05) is 22.9 Å². The molecule has 1 fully saturated rings. The van der Waals surface area contributed by atoms with E-state index in [4.69, 9.17) is 30.8 Å². The third kappa shape index (κ3) is 6.14. The number of aromatic nitrogens is 1. The van der Waals surface area contributed by atoms with Gasteiger partial charge in [-0.3, -0.25) is 14.6 Å². The predicted molar refractivity (Wildman–Crippen MR) is 139 cm³/mol. The number of methoxy groups -OCH3 is 2. The van der Waals surface area contributed by atoms with Crippen molar-refractivity contribution in [3.8, 4) is 11.5 Å². The smallest absolute Gasteiger partial charge is 0.229 e. The van der Waals surface area contributed by atoms with Crippen LogP contribution in [0.5, 0.6) is 11.5 Å². The molecule has 10 heteroatoms. The fraction of sp³-hybridized carbons (Fsp3) is 0.417. The molecule has 1 aliphatic heterocycles. The quantitative estimate of drug-likeness (QED) is 0.354. The van der Waals surface area contributed by atoms with E-state index in [1.54, 1.807) is 43.0 Å². The summed E-state index contributed by atoms with van der Waals surface area (Å²) >= 11 is 9.51. The fourth-order valence-electron chi connectivity index (χ4n) is 3.68. The summed E-state index contributed by atoms with van der Waals surface area (Å²) in [5.41, 5.74) is 0.687. The zero-order valence-electron chi connectivity index (χ0n) is 19.3. The van der Waals surface area contributed by atoms with Crippen LogP contribution in [0.2, 0.25) is 5.02 Å². The standard InChI is InChI=1S/C24H28ClN3O4S2/c1-30-17-3-5-18(6-4-17)33-16-9-21(29)28(11-10-27-12-14-32-15-13-27)24-26-22-20(31-2)8-7-19(25)23(22)34-24/h3-8H,9-16H2,1-2H3. The number of thioether (sulfide) groups is 1. The molecule has 0 atom stereocenters. The van der Waals surface area contributed by atoms with Crippen LogP contribution in [-0.2, 0) is 9.53 Å². The minimum absolute atomic E-state index is 0.0448. The number of ether oxygens (including phenoxy) is 3. The molecule has 0 bridgehead atoms. The van der Waals surface area contributed by atoms with E-state index in [1.807, 2.05) is 24.3 Å². The van der Waals surface area contributed by atoms with Crippen LogP contribution in [0.4, 0.5) is 5.13 Å². The minimum atomic E-state index is 0.0448. The molecule has 34 heavy (non-hydrogen) atoms. The van der Waals surface area contributed by atoms with E-state index >= 15 is 0 Å². The molecule has 3 aromatic rings. The maximum Gasteiger partial charge on any atom is 0.229 e. The van der Waals surface area contributed by atoms with Crippen LogP contribution in [0.3, 0.4) is 0 Å². The van der Waals surface area contributed by atoms with Crippen molar-refractivity contribution in [1.82, 2.24) is 9.88 Å². The first-order valence-corrected chi connectivity index (χ1v) is 13.3. The number of amides is 1. The normalized spacial score (nSPS) is 14.3. The highest BCUT2D eigenvalue weighted by Crippen LogP contribution is 2.39. The van der Waals surface area contributed by atoms with Gasteiger partial charge in [-0.25, -0.2) is 4.98 Å². The Balaban J connectivity index is 1.49. The average molecular weight is 522 g/mol. The van der Waals surface area contributed by atoms with Crippen molar-refractivity contribution in [2.24, 2.45) is 0 Å². The third-order valence-electron chi connectivity index (χ3n) is 5.59. The van der Waals surface area contributed by atoms with Crippen LogP contribution in [0.25, 0.3) is 10.2 Å². The first kappa shape index (κ1) is 25.1. The van der Waals surface area contributed by atoms with Crippen LogP contribution in [0.15, 0.2) is 41.3 Å². The first-order valence-electron chi connectivity index (χ1n) is 11.1. The molecular weight excluding hydrogens is 494 g/mol. The van der Waals surface area contributed by atoms with E-state index in [0.29, 0.717) is 40.1 Å². The van der Waals surface area contributed by atoms with E-state index in [-0.39, 0.29) is 5.91 Å². The molecule has 1 aromatic heterocycles. The van der Waals surface area contributed by atoms with Gasteiger partial charge in [0.2, 0.25) is 5.91 Å². The van der Waals surface area contributed by atoms with Crippen molar-refractivity contribution in [3.63, 3.8) is 0 Å². The molecule has 7 nitrogen and oxygen atoms in total. The molecule has 4 rings (SSSR count). The summed E-state index contributed by atoms with van der Waals surface area (Å²) in [6.07, 6.45) is 0.403. The lowest BCUT2D eigenvalue weighted by atomic mass is 10.3. The number of thiazole rings is 1. The monoisotopic (exact) mass is 521 g/mol. The topological polar surface area (TPSA) is 64.1 Å². The second kappa shape index (κ2) is 12.1. The Morgan fingerprint density at radius 1 is 1.18 bits per heavy atom. The van der Waals surface area contributed by atoms with Gasteiger partial charge in [-0.2, -0.15) is 0 Å². The zero-order chi connectivity index (χ0) is 23.9. The van der Waals surface area contributed by atoms with Gasteiger partial charge in [0.1, 0.15) is 17.0 Å². The van der Waals surface area contributed by atoms with Gasteiger partial charge in [-0.05, 0) is 36.4 Å². The molecule has 0 aliphatic carbocycles. The molecule has 0 spiro atoms. The number of hydrogen-bond acceptors (Lipinski definition) is 8. The maximum atomic E-state index is 13.4. The molecule has 2 heterocycles. The van der Waals surface area contributed by atoms with Crippen LogP contribution in [-0.4, -0.2) is 75.2 Å². The number of benzene rings is 2. The Bertz CT molecular complexity index is 1100. The van der Waals surface area contributed by atoms with Gasteiger partial charge in [0, 0.05) is 43.2 Å². The Hall–Kier alpha value is -2.04. The molecule has 1 amide bonds. The molecule has 0 saturated carbocycles. The Morgan fingerprint density at radius 3 is 2.65 bits per heavy atom. The van der Waals surface area contributed by atoms with E-state index < -0.39 is 0 Å². The number of anilines is 1. The highest BCUT2D eigenvalue weighted by Gasteiger charge is 2.23. The van der Waals surface area contributed by atoms with Crippen molar-refractivity contribution in [2.75, 3.05) is 64.3 Å². The molecule has 1 saturated heterocycles. The van der Waals surface area contributed by atoms with Gasteiger partial charge >= 0.3 is 0 Å². The Kier molecular flexibility index (Phi) is 8.91. The third-order valence-corrected chi connectivity index (χ3v) is 8.14. The average Bonchev–Trinajstić information content (AvgIpc) is 3.31. The molecule has 182 valence electrons. The number of hydrogen-bond donors (Lipinski definition) is 0. The summed E-state index contributed by atoms with van der Waals surface area (Å²) in [6.45, 7) is 4.51. The van der Waals surface area contributed by atoms with Crippen molar-refractivity contribution >= 4 is 56.0 Å². The van der Waals surface area contributed by atoms with Gasteiger partial charge in [-0.15, -0.1) is 11.8 Å². The van der Waals surface area contributed by atoms with E-state index in [2.05, 4.69) is 4.90 Å². The summed E-state index contributed by atoms with van der Waals surface area (Å²) in [5, 5.41) is 1.25. The number of fused-ring (bicyclic) bond motifs is 1. The van der Waals surface area contributed by atoms with E-state index in [0.717, 1.165) is 48.2 Å². The largest absolute Gasteiger partial charge is 0.497 e. The van der Waals surface area contributed by atoms with Crippen LogP contribution in [0.1, 0.15) is 6.42 Å². The number of rotatable bonds is 10. The number of nitrogens with zero attached hydrogens (tertiary/aromatic N) is 3. The number of halogens is 1. The van der Waals surface area contributed by atoms with E-state index in [9.17, 15) is 4.79 Å². The van der Waals surface area contributed by atoms with Gasteiger partial charge in [0.15, 0.2) is 5.13 Å². The van der Waals surface area contributed by atoms with Gasteiger partial charge in [0.25, 0.3) is 0 Å². The summed E-state index contributed by atoms with van der Waals surface area (Å²) < 4.78 is 17.0. The second-order valence-electron chi connectivity index (χ2n) is 7.70. The summed E-state index contributed by atoms with van der Waals surface area (Å²) in [4.78, 5) is 23.4. The summed E-state index contributed by atoms with van der Waals surface area (Å²) in [7, 11) is 3.26. The molecular formula is C24H28ClN3O4S2. The predicted octanol–water partition coefficient (Wildman–Crippen LogP) is 4.81. The maximum absolute atomic E-state index is 13.4. The summed E-state index contributed by atoms with van der Waals surface area (Å²) in [5.74, 6) is 2.19. The highest BCUT2D eigenvalue weighted by atomic mass is 35.5. The molecule has 2 aromatic carbocycles. The van der Waals surface area contributed by atoms with Crippen molar-refractivity contribution < 1.29 is 19.0 Å². The number of morpholine rings is 1. The lowest BCUT2D eigenvalue weighted by Gasteiger charge is -2.29. The van der Waals surface area contributed by atoms with Gasteiger partial charge < -0.3 is 14.2 Å². The summed E-state index contributed by atoms with van der Waals surface area (Å²) in [6, 6.07) is 11.5. The molecule has 0 unspecified atom stereocenters. The number of carbonyl (C=O) groups is 1. The zero-order valence-corrected chi connectivity index (χ0v) is 21.7. The highest BCUT2D eigenvalue weighted by molar-refractivity contribution is 7.99. The second-order valence-corrected chi connectivity index (χ2v) is 10.3. The van der Waals surface area contributed by atoms with Crippen LogP contribution < -0.4 is 14.4 Å².